The van der Waals surface area contributed by atoms with Gasteiger partial charge in [0.1, 0.15) is 0 Å². The maximum absolute atomic E-state index is 12.9. The summed E-state index contributed by atoms with van der Waals surface area (Å²) in [6.07, 6.45) is 7.21. The average molecular weight is 321 g/mol. The van der Waals surface area contributed by atoms with Crippen molar-refractivity contribution in [3.05, 3.63) is 34.9 Å². The van der Waals surface area contributed by atoms with Crippen LogP contribution >= 0.6 is 11.6 Å². The van der Waals surface area contributed by atoms with Gasteiger partial charge in [0.15, 0.2) is 0 Å². The Kier molecular flexibility index (Phi) is 4.74. The number of hydrogen-bond acceptors (Lipinski definition) is 2. The van der Waals surface area contributed by atoms with Crippen LogP contribution in [0.15, 0.2) is 24.3 Å². The lowest BCUT2D eigenvalue weighted by Gasteiger charge is -2.32. The molecule has 0 atom stereocenters. The Morgan fingerprint density at radius 2 is 1.86 bits per heavy atom. The van der Waals surface area contributed by atoms with Crippen molar-refractivity contribution in [2.24, 2.45) is 11.7 Å². The number of halogens is 1. The summed E-state index contributed by atoms with van der Waals surface area (Å²) in [5, 5.41) is 0.751. The van der Waals surface area contributed by atoms with Crippen LogP contribution < -0.4 is 5.73 Å². The first-order valence-corrected chi connectivity index (χ1v) is 8.77. The number of hydrogen-bond donors (Lipinski definition) is 1. The van der Waals surface area contributed by atoms with Crippen LogP contribution in [0.25, 0.3) is 0 Å². The van der Waals surface area contributed by atoms with Gasteiger partial charge >= 0.3 is 0 Å². The number of rotatable bonds is 6. The molecule has 0 radical (unpaired) electrons. The van der Waals surface area contributed by atoms with Gasteiger partial charge in [0.2, 0.25) is 5.91 Å². The minimum Gasteiger partial charge on any atom is -0.340 e. The summed E-state index contributed by atoms with van der Waals surface area (Å²) in [7, 11) is 0. The van der Waals surface area contributed by atoms with E-state index in [0.29, 0.717) is 5.92 Å². The molecule has 1 amide bonds. The summed E-state index contributed by atoms with van der Waals surface area (Å²) < 4.78 is 0. The molecular formula is C18H25ClN2O. The predicted molar refractivity (Wildman–Crippen MR) is 89.8 cm³/mol. The van der Waals surface area contributed by atoms with Gasteiger partial charge in [-0.25, -0.2) is 0 Å². The van der Waals surface area contributed by atoms with Crippen LogP contribution in [0.4, 0.5) is 0 Å². The molecule has 0 aromatic heterocycles. The molecule has 0 unspecified atom stereocenters. The minimum absolute atomic E-state index is 0.172. The van der Waals surface area contributed by atoms with Gasteiger partial charge in [0.25, 0.3) is 0 Å². The van der Waals surface area contributed by atoms with Crippen molar-refractivity contribution >= 4 is 17.5 Å². The highest BCUT2D eigenvalue weighted by Gasteiger charge is 2.41. The molecule has 3 rings (SSSR count). The van der Waals surface area contributed by atoms with Crippen molar-refractivity contribution in [3.63, 3.8) is 0 Å². The summed E-state index contributed by atoms with van der Waals surface area (Å²) in [5.41, 5.74) is 7.00. The van der Waals surface area contributed by atoms with Crippen LogP contribution in [0, 0.1) is 5.92 Å². The van der Waals surface area contributed by atoms with E-state index in [1.54, 1.807) is 0 Å². The fourth-order valence-electron chi connectivity index (χ4n) is 3.34. The minimum atomic E-state index is -0.602. The van der Waals surface area contributed by atoms with Crippen LogP contribution in [0.3, 0.4) is 0 Å². The van der Waals surface area contributed by atoms with E-state index in [1.807, 2.05) is 29.2 Å². The summed E-state index contributed by atoms with van der Waals surface area (Å²) in [6, 6.07) is 7.89. The van der Waals surface area contributed by atoms with E-state index in [9.17, 15) is 4.79 Å². The smallest absolute Gasteiger partial charge is 0.242 e. The molecule has 4 heteroatoms. The van der Waals surface area contributed by atoms with Crippen LogP contribution in [0.2, 0.25) is 5.02 Å². The Balaban J connectivity index is 1.63. The first-order valence-electron chi connectivity index (χ1n) is 8.39. The Labute approximate surface area is 137 Å². The second-order valence-corrected chi connectivity index (χ2v) is 7.37. The fraction of sp³-hybridized carbons (Fsp3) is 0.611. The van der Waals surface area contributed by atoms with Crippen molar-refractivity contribution in [1.29, 1.82) is 0 Å². The first kappa shape index (κ1) is 15.8. The van der Waals surface area contributed by atoms with Crippen molar-refractivity contribution in [2.75, 3.05) is 13.1 Å². The third-order valence-corrected chi connectivity index (χ3v) is 5.22. The lowest BCUT2D eigenvalue weighted by Crippen LogP contribution is -2.54. The van der Waals surface area contributed by atoms with Gasteiger partial charge in [0.05, 0.1) is 5.54 Å². The quantitative estimate of drug-likeness (QED) is 0.873. The number of carbonyl (C=O) groups excluding carboxylic acids is 1. The zero-order chi connectivity index (χ0) is 15.6. The third-order valence-electron chi connectivity index (χ3n) is 4.97. The van der Waals surface area contributed by atoms with Crippen molar-refractivity contribution in [3.8, 4) is 0 Å². The lowest BCUT2D eigenvalue weighted by atomic mass is 9.96. The Morgan fingerprint density at radius 3 is 2.45 bits per heavy atom. The molecule has 2 fully saturated rings. The van der Waals surface area contributed by atoms with E-state index in [0.717, 1.165) is 50.2 Å². The monoisotopic (exact) mass is 320 g/mol. The fourth-order valence-corrected chi connectivity index (χ4v) is 3.46. The normalized spacial score (nSPS) is 20.1. The molecule has 22 heavy (non-hydrogen) atoms. The molecule has 0 saturated heterocycles. The van der Waals surface area contributed by atoms with Gasteiger partial charge < -0.3 is 10.6 Å². The molecule has 1 aromatic carbocycles. The zero-order valence-electron chi connectivity index (χ0n) is 13.1. The molecular weight excluding hydrogens is 296 g/mol. The van der Waals surface area contributed by atoms with E-state index < -0.39 is 5.54 Å². The largest absolute Gasteiger partial charge is 0.340 e. The maximum atomic E-state index is 12.9. The van der Waals surface area contributed by atoms with E-state index in [1.165, 1.54) is 18.4 Å². The molecule has 3 nitrogen and oxygen atoms in total. The van der Waals surface area contributed by atoms with Crippen LogP contribution in [0.1, 0.15) is 44.1 Å². The van der Waals surface area contributed by atoms with Gasteiger partial charge in [-0.15, -0.1) is 0 Å². The Morgan fingerprint density at radius 1 is 1.23 bits per heavy atom. The second-order valence-electron chi connectivity index (χ2n) is 6.93. The Bertz CT molecular complexity index is 518. The van der Waals surface area contributed by atoms with Gasteiger partial charge in [-0.3, -0.25) is 4.79 Å². The molecule has 2 saturated carbocycles. The van der Waals surface area contributed by atoms with E-state index in [-0.39, 0.29) is 5.91 Å². The number of nitrogens with zero attached hydrogens (tertiary/aromatic N) is 1. The highest BCUT2D eigenvalue weighted by atomic mass is 35.5. The summed E-state index contributed by atoms with van der Waals surface area (Å²) in [4.78, 5) is 14.9. The van der Waals surface area contributed by atoms with Gasteiger partial charge in [-0.1, -0.05) is 36.6 Å². The molecule has 2 aliphatic carbocycles. The van der Waals surface area contributed by atoms with Crippen molar-refractivity contribution in [1.82, 2.24) is 4.90 Å². The zero-order valence-corrected chi connectivity index (χ0v) is 13.8. The lowest BCUT2D eigenvalue weighted by molar-refractivity contribution is -0.137. The molecule has 1 aromatic rings. The number of benzene rings is 1. The highest BCUT2D eigenvalue weighted by Crippen LogP contribution is 2.33. The molecule has 120 valence electrons. The predicted octanol–water partition coefficient (Wildman–Crippen LogP) is 3.39. The summed E-state index contributed by atoms with van der Waals surface area (Å²) in [5.74, 6) is 0.866. The second kappa shape index (κ2) is 6.59. The van der Waals surface area contributed by atoms with Crippen molar-refractivity contribution < 1.29 is 4.79 Å². The van der Waals surface area contributed by atoms with E-state index >= 15 is 0 Å². The Hall–Kier alpha value is -1.06. The van der Waals surface area contributed by atoms with Gasteiger partial charge in [0, 0.05) is 18.1 Å². The van der Waals surface area contributed by atoms with Gasteiger partial charge in [-0.05, 0) is 55.7 Å². The average Bonchev–Trinajstić information content (AvgIpc) is 3.23. The van der Waals surface area contributed by atoms with Gasteiger partial charge in [-0.2, -0.15) is 0 Å². The standard InChI is InChI=1S/C18H25ClN2O/c19-16-7-5-14(6-8-16)9-12-21(13-15-3-4-15)17(22)18(20)10-1-2-11-18/h5-8,15H,1-4,9-13,20H2. The van der Waals surface area contributed by atoms with Crippen LogP contribution in [0.5, 0.6) is 0 Å². The highest BCUT2D eigenvalue weighted by molar-refractivity contribution is 6.30. The number of carbonyl (C=O) groups is 1. The summed E-state index contributed by atoms with van der Waals surface area (Å²) >= 11 is 5.93. The molecule has 0 heterocycles. The van der Waals surface area contributed by atoms with Crippen molar-refractivity contribution in [2.45, 2.75) is 50.5 Å². The molecule has 0 aliphatic heterocycles. The number of amides is 1. The van der Waals surface area contributed by atoms with E-state index in [4.69, 9.17) is 17.3 Å². The van der Waals surface area contributed by atoms with Crippen LogP contribution in [-0.4, -0.2) is 29.4 Å². The molecule has 0 bridgehead atoms. The SMILES string of the molecule is NC1(C(=O)N(CCc2ccc(Cl)cc2)CC2CC2)CCCC1. The topological polar surface area (TPSA) is 46.3 Å². The van der Waals surface area contributed by atoms with E-state index in [2.05, 4.69) is 0 Å². The summed E-state index contributed by atoms with van der Waals surface area (Å²) in [6.45, 7) is 1.64. The van der Waals surface area contributed by atoms with Crippen LogP contribution in [-0.2, 0) is 11.2 Å². The first-order chi connectivity index (χ1) is 10.6. The maximum Gasteiger partial charge on any atom is 0.242 e. The molecule has 0 spiro atoms. The molecule has 2 N–H and O–H groups in total. The molecule has 2 aliphatic rings. The number of nitrogens with two attached hydrogens (primary N) is 1. The third kappa shape index (κ3) is 3.82.